The van der Waals surface area contributed by atoms with Crippen molar-refractivity contribution in [1.82, 2.24) is 0 Å². The number of hydrogen-bond acceptors (Lipinski definition) is 6. The van der Waals surface area contributed by atoms with Gasteiger partial charge < -0.3 is 23.7 Å². The van der Waals surface area contributed by atoms with E-state index in [4.69, 9.17) is 23.7 Å². The summed E-state index contributed by atoms with van der Waals surface area (Å²) in [5.41, 5.74) is -0.736. The van der Waals surface area contributed by atoms with Crippen molar-refractivity contribution < 1.29 is 28.5 Å². The van der Waals surface area contributed by atoms with E-state index in [9.17, 15) is 4.79 Å². The summed E-state index contributed by atoms with van der Waals surface area (Å²) in [7, 11) is 1.51. The highest BCUT2D eigenvalue weighted by Gasteiger charge is 2.70. The number of methoxy groups -OCH3 is 1. The lowest BCUT2D eigenvalue weighted by Gasteiger charge is -2.32. The second-order valence-electron chi connectivity index (χ2n) is 5.74. The number of fused-ring (bicyclic) bond motifs is 5. The lowest BCUT2D eigenvalue weighted by Crippen LogP contribution is -2.47. The first-order chi connectivity index (χ1) is 8.30. The Kier molecular flexibility index (Phi) is 2.36. The van der Waals surface area contributed by atoms with Gasteiger partial charge in [0.2, 0.25) is 5.79 Å². The highest BCUT2D eigenvalue weighted by atomic mass is 16.8. The minimum atomic E-state index is -1.11. The molecule has 3 aliphatic rings. The predicted octanol–water partition coefficient (Wildman–Crippen LogP) is 0.585. The molecule has 0 amide bonds. The molecular weight excluding hydrogens is 240 g/mol. The largest absolute Gasteiger partial charge is 0.462 e. The van der Waals surface area contributed by atoms with Gasteiger partial charge in [-0.25, -0.2) is 0 Å². The van der Waals surface area contributed by atoms with Gasteiger partial charge in [-0.3, -0.25) is 4.79 Å². The molecule has 6 nitrogen and oxygen atoms in total. The van der Waals surface area contributed by atoms with Crippen molar-refractivity contribution >= 4 is 5.97 Å². The van der Waals surface area contributed by atoms with Crippen molar-refractivity contribution in [3.8, 4) is 0 Å². The number of cyclic esters (lactones) is 1. The standard InChI is InChI=1S/C12H18O6/c1-10(2)16-8-9(17-10)12(14-4)5-7(13)15-6-11(8,3)18-12/h8-9H,5-6H2,1-4H3/t8-,9+,11+,12-/m0/s1. The monoisotopic (exact) mass is 258 g/mol. The maximum Gasteiger partial charge on any atom is 0.311 e. The molecule has 0 radical (unpaired) electrons. The fraction of sp³-hybridized carbons (Fsp3) is 0.917. The average molecular weight is 258 g/mol. The van der Waals surface area contributed by atoms with Crippen molar-refractivity contribution in [3.05, 3.63) is 0 Å². The summed E-state index contributed by atoms with van der Waals surface area (Å²) in [6.45, 7) is 5.69. The summed E-state index contributed by atoms with van der Waals surface area (Å²) in [4.78, 5) is 11.7. The molecule has 0 aromatic carbocycles. The van der Waals surface area contributed by atoms with Crippen molar-refractivity contribution in [1.29, 1.82) is 0 Å². The molecule has 0 aromatic heterocycles. The first-order valence-electron chi connectivity index (χ1n) is 6.07. The minimum Gasteiger partial charge on any atom is -0.462 e. The van der Waals surface area contributed by atoms with Gasteiger partial charge in [0.15, 0.2) is 5.79 Å². The second-order valence-corrected chi connectivity index (χ2v) is 5.74. The molecule has 18 heavy (non-hydrogen) atoms. The Bertz CT molecular complexity index is 394. The molecule has 3 aliphatic heterocycles. The molecule has 4 atom stereocenters. The van der Waals surface area contributed by atoms with E-state index in [0.29, 0.717) is 0 Å². The fourth-order valence-corrected chi connectivity index (χ4v) is 2.99. The molecule has 2 bridgehead atoms. The molecule has 6 heteroatoms. The second kappa shape index (κ2) is 3.45. The fourth-order valence-electron chi connectivity index (χ4n) is 2.99. The summed E-state index contributed by atoms with van der Waals surface area (Å²) in [6.07, 6.45) is -0.712. The number of carbonyl (C=O) groups excluding carboxylic acids is 1. The quantitative estimate of drug-likeness (QED) is 0.641. The summed E-state index contributed by atoms with van der Waals surface area (Å²) in [6, 6.07) is 0. The molecule has 3 fully saturated rings. The van der Waals surface area contributed by atoms with E-state index in [-0.39, 0.29) is 25.1 Å². The highest BCUT2D eigenvalue weighted by Crippen LogP contribution is 2.51. The zero-order valence-corrected chi connectivity index (χ0v) is 11.0. The summed E-state index contributed by atoms with van der Waals surface area (Å²) in [5, 5.41) is 0. The van der Waals surface area contributed by atoms with Crippen LogP contribution in [0, 0.1) is 0 Å². The first kappa shape index (κ1) is 12.3. The molecule has 3 saturated heterocycles. The van der Waals surface area contributed by atoms with Gasteiger partial charge in [0.1, 0.15) is 30.8 Å². The Morgan fingerprint density at radius 1 is 1.22 bits per heavy atom. The number of hydrogen-bond donors (Lipinski definition) is 0. The van der Waals surface area contributed by atoms with E-state index >= 15 is 0 Å². The van der Waals surface area contributed by atoms with Crippen molar-refractivity contribution in [2.75, 3.05) is 13.7 Å². The van der Waals surface area contributed by atoms with E-state index in [0.717, 1.165) is 0 Å². The average Bonchev–Trinajstić information content (AvgIpc) is 2.65. The van der Waals surface area contributed by atoms with Gasteiger partial charge in [0, 0.05) is 7.11 Å². The maximum absolute atomic E-state index is 11.7. The topological polar surface area (TPSA) is 63.2 Å². The molecule has 0 unspecified atom stereocenters. The Balaban J connectivity index is 2.03. The van der Waals surface area contributed by atoms with Crippen LogP contribution in [0.2, 0.25) is 0 Å². The zero-order valence-electron chi connectivity index (χ0n) is 11.0. The third kappa shape index (κ3) is 1.53. The van der Waals surface area contributed by atoms with Gasteiger partial charge in [-0.05, 0) is 20.8 Å². The van der Waals surface area contributed by atoms with Crippen LogP contribution < -0.4 is 0 Å². The van der Waals surface area contributed by atoms with Crippen LogP contribution in [-0.4, -0.2) is 49.1 Å². The van der Waals surface area contributed by atoms with Gasteiger partial charge in [-0.1, -0.05) is 0 Å². The van der Waals surface area contributed by atoms with E-state index in [2.05, 4.69) is 0 Å². The molecule has 0 aromatic rings. The van der Waals surface area contributed by atoms with Crippen molar-refractivity contribution in [3.63, 3.8) is 0 Å². The molecule has 0 saturated carbocycles. The van der Waals surface area contributed by atoms with Crippen LogP contribution in [0.4, 0.5) is 0 Å². The maximum atomic E-state index is 11.7. The van der Waals surface area contributed by atoms with Crippen LogP contribution in [0.15, 0.2) is 0 Å². The van der Waals surface area contributed by atoms with Gasteiger partial charge >= 0.3 is 5.97 Å². The third-order valence-electron chi connectivity index (χ3n) is 3.79. The Labute approximate surface area is 105 Å². The van der Waals surface area contributed by atoms with Crippen LogP contribution in [0.25, 0.3) is 0 Å². The molecular formula is C12H18O6. The normalized spacial score (nSPS) is 49.7. The van der Waals surface area contributed by atoms with Gasteiger partial charge in [0.25, 0.3) is 0 Å². The van der Waals surface area contributed by atoms with Crippen molar-refractivity contribution in [2.45, 2.75) is 56.6 Å². The SMILES string of the molecule is CO[C@@]12CC(=O)OC[C@@](C)(O1)[C@H]1OC(C)(C)O[C@H]12. The number of rotatable bonds is 1. The van der Waals surface area contributed by atoms with E-state index < -0.39 is 23.3 Å². The molecule has 3 rings (SSSR count). The van der Waals surface area contributed by atoms with Gasteiger partial charge in [-0.2, -0.15) is 0 Å². The summed E-state index contributed by atoms with van der Waals surface area (Å²) in [5.74, 6) is -2.16. The van der Waals surface area contributed by atoms with Crippen LogP contribution in [0.5, 0.6) is 0 Å². The number of ether oxygens (including phenoxy) is 5. The van der Waals surface area contributed by atoms with Crippen LogP contribution in [0.3, 0.4) is 0 Å². The lowest BCUT2D eigenvalue weighted by atomic mass is 9.94. The number of esters is 1. The molecule has 3 heterocycles. The van der Waals surface area contributed by atoms with Crippen LogP contribution >= 0.6 is 0 Å². The summed E-state index contributed by atoms with van der Waals surface area (Å²) >= 11 is 0. The number of carbonyl (C=O) groups is 1. The lowest BCUT2D eigenvalue weighted by molar-refractivity contribution is -0.297. The molecule has 0 N–H and O–H groups in total. The van der Waals surface area contributed by atoms with Gasteiger partial charge in [-0.15, -0.1) is 0 Å². The molecule has 0 spiro atoms. The Morgan fingerprint density at radius 2 is 1.89 bits per heavy atom. The highest BCUT2D eigenvalue weighted by molar-refractivity contribution is 5.71. The van der Waals surface area contributed by atoms with E-state index in [1.165, 1.54) is 7.11 Å². The van der Waals surface area contributed by atoms with Crippen molar-refractivity contribution in [2.24, 2.45) is 0 Å². The first-order valence-corrected chi connectivity index (χ1v) is 6.07. The third-order valence-corrected chi connectivity index (χ3v) is 3.79. The van der Waals surface area contributed by atoms with Crippen LogP contribution in [0.1, 0.15) is 27.2 Å². The van der Waals surface area contributed by atoms with E-state index in [1.54, 1.807) is 0 Å². The van der Waals surface area contributed by atoms with Crippen LogP contribution in [-0.2, 0) is 28.5 Å². The molecule has 102 valence electrons. The Hall–Kier alpha value is -0.690. The Morgan fingerprint density at radius 3 is 2.56 bits per heavy atom. The zero-order chi connectivity index (χ0) is 13.2. The smallest absolute Gasteiger partial charge is 0.311 e. The minimum absolute atomic E-state index is 0.0136. The molecule has 0 aliphatic carbocycles. The van der Waals surface area contributed by atoms with E-state index in [1.807, 2.05) is 20.8 Å². The summed E-state index contributed by atoms with van der Waals surface area (Å²) < 4.78 is 28.3. The van der Waals surface area contributed by atoms with Gasteiger partial charge in [0.05, 0.1) is 0 Å². The predicted molar refractivity (Wildman–Crippen MR) is 58.6 cm³/mol.